The predicted molar refractivity (Wildman–Crippen MR) is 172 cm³/mol. The van der Waals surface area contributed by atoms with Gasteiger partial charge in [0.25, 0.3) is 0 Å². The fourth-order valence-electron chi connectivity index (χ4n) is 6.42. The van der Waals surface area contributed by atoms with Crippen molar-refractivity contribution >= 4 is 49.3 Å². The highest BCUT2D eigenvalue weighted by atomic mass is 15.0. The quantitative estimate of drug-likeness (QED) is 0.208. The zero-order valence-corrected chi connectivity index (χ0v) is 22.5. The normalized spacial score (nSPS) is 11.3. The number of fused-ring (bicyclic) bond motifs is 7. The molecule has 4 heteroatoms. The van der Waals surface area contributed by atoms with Gasteiger partial charge in [-0.1, -0.05) is 84.9 Å². The molecular formula is C38H22N4. The van der Waals surface area contributed by atoms with Crippen molar-refractivity contribution in [3.8, 4) is 28.6 Å². The molecule has 0 spiro atoms. The molecule has 0 saturated heterocycles. The van der Waals surface area contributed by atoms with Gasteiger partial charge in [0.05, 0.1) is 40.3 Å². The van der Waals surface area contributed by atoms with Crippen LogP contribution in [0.2, 0.25) is 0 Å². The number of aromatic nitrogens is 2. The Hall–Kier alpha value is -6.10. The second kappa shape index (κ2) is 9.24. The van der Waals surface area contributed by atoms with E-state index in [-0.39, 0.29) is 0 Å². The molecule has 0 bridgehead atoms. The van der Waals surface area contributed by atoms with Crippen molar-refractivity contribution in [1.29, 1.82) is 5.26 Å². The number of rotatable bonds is 3. The Morgan fingerprint density at radius 3 is 1.76 bits per heavy atom. The molecule has 0 N–H and O–H groups in total. The molecule has 0 aliphatic rings. The molecule has 0 fully saturated rings. The van der Waals surface area contributed by atoms with Crippen LogP contribution in [0.25, 0.3) is 71.0 Å². The Morgan fingerprint density at radius 2 is 1.12 bits per heavy atom. The predicted octanol–water partition coefficient (Wildman–Crippen LogP) is 9.97. The number of nitrogens with zero attached hydrogens (tertiary/aromatic N) is 4. The average Bonchev–Trinajstić information content (AvgIpc) is 3.58. The summed E-state index contributed by atoms with van der Waals surface area (Å²) in [6.07, 6.45) is 0. The first-order chi connectivity index (χ1) is 20.8. The van der Waals surface area contributed by atoms with Crippen molar-refractivity contribution < 1.29 is 0 Å². The maximum Gasteiger partial charge on any atom is 0.187 e. The van der Waals surface area contributed by atoms with Crippen LogP contribution >= 0.6 is 0 Å². The van der Waals surface area contributed by atoms with Crippen LogP contribution in [-0.4, -0.2) is 9.13 Å². The lowest BCUT2D eigenvalue weighted by molar-refractivity contribution is 1.17. The maximum absolute atomic E-state index is 10.2. The molecule has 2 aromatic heterocycles. The van der Waals surface area contributed by atoms with Gasteiger partial charge in [0.15, 0.2) is 5.69 Å². The van der Waals surface area contributed by atoms with Crippen LogP contribution in [0.1, 0.15) is 5.56 Å². The number of benzene rings is 6. The minimum absolute atomic E-state index is 0.506. The summed E-state index contributed by atoms with van der Waals surface area (Å²) in [6.45, 7) is 7.73. The summed E-state index contributed by atoms with van der Waals surface area (Å²) < 4.78 is 4.66. The van der Waals surface area contributed by atoms with E-state index in [1.165, 1.54) is 0 Å². The van der Waals surface area contributed by atoms with E-state index in [0.717, 1.165) is 66.1 Å². The monoisotopic (exact) mass is 534 g/mol. The fraction of sp³-hybridized carbons (Fsp3) is 0. The third-order valence-corrected chi connectivity index (χ3v) is 8.14. The van der Waals surface area contributed by atoms with Crippen LogP contribution in [0.15, 0.2) is 133 Å². The molecule has 0 radical (unpaired) electrons. The van der Waals surface area contributed by atoms with E-state index >= 15 is 0 Å². The molecule has 0 unspecified atom stereocenters. The van der Waals surface area contributed by atoms with Crippen LogP contribution in [0.4, 0.5) is 5.69 Å². The van der Waals surface area contributed by atoms with Gasteiger partial charge in [-0.05, 0) is 54.1 Å². The number of hydrogen-bond acceptors (Lipinski definition) is 1. The molecule has 8 rings (SSSR count). The molecular weight excluding hydrogens is 512 g/mol. The van der Waals surface area contributed by atoms with Gasteiger partial charge in [-0.25, -0.2) is 4.85 Å². The summed E-state index contributed by atoms with van der Waals surface area (Å²) in [6, 6.07) is 47.8. The molecule has 6 aromatic carbocycles. The molecule has 0 saturated carbocycles. The first-order valence-corrected chi connectivity index (χ1v) is 13.8. The van der Waals surface area contributed by atoms with Gasteiger partial charge in [-0.3, -0.25) is 0 Å². The maximum atomic E-state index is 10.2. The smallest absolute Gasteiger partial charge is 0.187 e. The molecule has 0 amide bonds. The van der Waals surface area contributed by atoms with E-state index in [4.69, 9.17) is 6.57 Å². The fourth-order valence-corrected chi connectivity index (χ4v) is 6.42. The van der Waals surface area contributed by atoms with Crippen LogP contribution in [0.5, 0.6) is 0 Å². The molecule has 0 atom stereocenters. The minimum Gasteiger partial charge on any atom is -0.309 e. The van der Waals surface area contributed by atoms with Gasteiger partial charge < -0.3 is 9.13 Å². The average molecular weight is 535 g/mol. The van der Waals surface area contributed by atoms with E-state index in [2.05, 4.69) is 123 Å². The van der Waals surface area contributed by atoms with Crippen LogP contribution < -0.4 is 0 Å². The minimum atomic E-state index is 0.506. The summed E-state index contributed by atoms with van der Waals surface area (Å²) in [5.41, 5.74) is 9.17. The van der Waals surface area contributed by atoms with Crippen molar-refractivity contribution in [1.82, 2.24) is 9.13 Å². The Bertz CT molecular complexity index is 2410. The Morgan fingerprint density at radius 1 is 0.548 bits per heavy atom. The zero-order valence-electron chi connectivity index (χ0n) is 22.5. The van der Waals surface area contributed by atoms with Crippen LogP contribution in [-0.2, 0) is 0 Å². The topological polar surface area (TPSA) is 38.0 Å². The molecule has 2 heterocycles. The highest BCUT2D eigenvalue weighted by molar-refractivity contribution is 6.29. The van der Waals surface area contributed by atoms with Gasteiger partial charge in [-0.15, -0.1) is 0 Å². The van der Waals surface area contributed by atoms with Crippen LogP contribution in [0, 0.1) is 17.9 Å². The van der Waals surface area contributed by atoms with Crippen molar-refractivity contribution in [3.63, 3.8) is 0 Å². The van der Waals surface area contributed by atoms with Gasteiger partial charge in [-0.2, -0.15) is 5.26 Å². The highest BCUT2D eigenvalue weighted by Gasteiger charge is 2.25. The standard InChI is InChI=1S/C38H22N4/c1-40-26-21-20-25(24-39)31(22-26)33-23-32-29-16-8-10-18-34(29)41(27-12-4-2-5-13-27)37(32)36-30-17-9-11-19-35(30)42(38(33)36)28-14-6-3-7-15-28/h2-23H. The van der Waals surface area contributed by atoms with E-state index < -0.39 is 0 Å². The number of para-hydroxylation sites is 4. The first kappa shape index (κ1) is 23.8. The molecule has 0 aliphatic heterocycles. The molecule has 4 nitrogen and oxygen atoms in total. The van der Waals surface area contributed by atoms with Crippen LogP contribution in [0.3, 0.4) is 0 Å². The Kier molecular flexibility index (Phi) is 5.22. The summed E-state index contributed by atoms with van der Waals surface area (Å²) in [4.78, 5) is 3.72. The lowest BCUT2D eigenvalue weighted by atomic mass is 9.94. The SMILES string of the molecule is [C-]#[N+]c1ccc(C#N)c(-c2cc3c4ccccc4n(-c4ccccc4)c3c3c4ccccc4n(-c4ccccc4)c23)c1. The second-order valence-corrected chi connectivity index (χ2v) is 10.4. The Labute approximate surface area is 242 Å². The summed E-state index contributed by atoms with van der Waals surface area (Å²) >= 11 is 0. The number of hydrogen-bond donors (Lipinski definition) is 0. The molecule has 42 heavy (non-hydrogen) atoms. The van der Waals surface area contributed by atoms with Gasteiger partial charge in [0.2, 0.25) is 0 Å². The van der Waals surface area contributed by atoms with E-state index in [1.54, 1.807) is 12.1 Å². The van der Waals surface area contributed by atoms with Gasteiger partial charge >= 0.3 is 0 Å². The zero-order chi connectivity index (χ0) is 28.2. The lowest BCUT2D eigenvalue weighted by Crippen LogP contribution is -1.98. The molecule has 194 valence electrons. The summed E-state index contributed by atoms with van der Waals surface area (Å²) in [5, 5.41) is 14.7. The third-order valence-electron chi connectivity index (χ3n) is 8.14. The van der Waals surface area contributed by atoms with E-state index in [1.807, 2.05) is 18.2 Å². The van der Waals surface area contributed by atoms with Crippen molar-refractivity contribution in [3.05, 3.63) is 150 Å². The van der Waals surface area contributed by atoms with Crippen molar-refractivity contribution in [2.24, 2.45) is 0 Å². The van der Waals surface area contributed by atoms with Gasteiger partial charge in [0.1, 0.15) is 0 Å². The Balaban J connectivity index is 1.71. The third kappa shape index (κ3) is 3.33. The summed E-state index contributed by atoms with van der Waals surface area (Å²) in [7, 11) is 0. The molecule has 0 aliphatic carbocycles. The van der Waals surface area contributed by atoms with E-state index in [0.29, 0.717) is 11.3 Å². The van der Waals surface area contributed by atoms with Gasteiger partial charge in [0, 0.05) is 38.5 Å². The van der Waals surface area contributed by atoms with Crippen molar-refractivity contribution in [2.75, 3.05) is 0 Å². The molecule has 8 aromatic rings. The second-order valence-electron chi connectivity index (χ2n) is 10.4. The van der Waals surface area contributed by atoms with E-state index in [9.17, 15) is 5.26 Å². The summed E-state index contributed by atoms with van der Waals surface area (Å²) in [5.74, 6) is 0. The number of nitriles is 1. The first-order valence-electron chi connectivity index (χ1n) is 13.8. The highest BCUT2D eigenvalue weighted by Crippen LogP contribution is 2.47. The largest absolute Gasteiger partial charge is 0.309 e. The lowest BCUT2D eigenvalue weighted by Gasteiger charge is -2.15. The van der Waals surface area contributed by atoms with Crippen molar-refractivity contribution in [2.45, 2.75) is 0 Å².